The van der Waals surface area contributed by atoms with Crippen LogP contribution in [0.25, 0.3) is 0 Å². The number of hydrogen-bond acceptors (Lipinski definition) is 5. The zero-order valence-corrected chi connectivity index (χ0v) is 10.5. The number of aromatic nitrogens is 1. The number of sulfonamides is 1. The smallest absolute Gasteiger partial charge is 0.265 e. The van der Waals surface area contributed by atoms with Gasteiger partial charge in [-0.2, -0.15) is 5.26 Å². The van der Waals surface area contributed by atoms with Crippen LogP contribution in [0.3, 0.4) is 0 Å². The van der Waals surface area contributed by atoms with Crippen molar-refractivity contribution in [1.29, 1.82) is 5.26 Å². The fourth-order valence-electron chi connectivity index (χ4n) is 1.87. The van der Waals surface area contributed by atoms with Crippen molar-refractivity contribution < 1.29 is 13.3 Å². The van der Waals surface area contributed by atoms with Crippen molar-refractivity contribution in [1.82, 2.24) is 9.87 Å². The van der Waals surface area contributed by atoms with Gasteiger partial charge in [0.05, 0.1) is 6.10 Å². The first-order valence-corrected chi connectivity index (χ1v) is 7.14. The molecule has 0 amide bonds. The lowest BCUT2D eigenvalue weighted by Gasteiger charge is -2.12. The minimum absolute atomic E-state index is 0.0815. The molecule has 7 heteroatoms. The summed E-state index contributed by atoms with van der Waals surface area (Å²) in [6, 6.07) is 4.53. The van der Waals surface area contributed by atoms with E-state index < -0.39 is 10.0 Å². The summed E-state index contributed by atoms with van der Waals surface area (Å²) in [5, 5.41) is 8.82. The van der Waals surface area contributed by atoms with Gasteiger partial charge in [-0.05, 0) is 25.0 Å². The van der Waals surface area contributed by atoms with Crippen LogP contribution in [0.5, 0.6) is 0 Å². The van der Waals surface area contributed by atoms with Crippen LogP contribution < -0.4 is 4.89 Å². The van der Waals surface area contributed by atoms with Crippen molar-refractivity contribution in [2.75, 3.05) is 0 Å². The van der Waals surface area contributed by atoms with Crippen LogP contribution in [0.1, 0.15) is 31.4 Å². The van der Waals surface area contributed by atoms with Crippen molar-refractivity contribution in [3.63, 3.8) is 0 Å². The van der Waals surface area contributed by atoms with Gasteiger partial charge in [0, 0.05) is 6.20 Å². The van der Waals surface area contributed by atoms with Crippen molar-refractivity contribution >= 4 is 10.0 Å². The van der Waals surface area contributed by atoms with Crippen LogP contribution in [0.4, 0.5) is 0 Å². The molecule has 1 N–H and O–H groups in total. The standard InChI is InChI=1S/C11H13N3O3S/c12-8-10-11(6-3-7-13-10)18(15,16)14-17-9-4-1-2-5-9/h3,6-7,9,14H,1-2,4-5H2. The molecule has 1 fully saturated rings. The van der Waals surface area contributed by atoms with Gasteiger partial charge in [0.1, 0.15) is 11.0 Å². The summed E-state index contributed by atoms with van der Waals surface area (Å²) in [4.78, 5) is 10.8. The quantitative estimate of drug-likeness (QED) is 0.825. The SMILES string of the molecule is N#Cc1ncccc1S(=O)(=O)NOC1CCCC1. The first-order valence-electron chi connectivity index (χ1n) is 5.66. The van der Waals surface area contributed by atoms with E-state index in [0.717, 1.165) is 25.7 Å². The Morgan fingerprint density at radius 2 is 2.17 bits per heavy atom. The molecule has 1 aliphatic rings. The van der Waals surface area contributed by atoms with Crippen LogP contribution in [0.15, 0.2) is 23.2 Å². The highest BCUT2D eigenvalue weighted by molar-refractivity contribution is 7.89. The molecule has 2 rings (SSSR count). The van der Waals surface area contributed by atoms with E-state index in [9.17, 15) is 8.42 Å². The van der Waals surface area contributed by atoms with Gasteiger partial charge in [-0.1, -0.05) is 17.7 Å². The van der Waals surface area contributed by atoms with E-state index in [0.29, 0.717) is 0 Å². The highest BCUT2D eigenvalue weighted by atomic mass is 32.2. The maximum absolute atomic E-state index is 11.9. The molecule has 1 saturated carbocycles. The van der Waals surface area contributed by atoms with E-state index in [2.05, 4.69) is 9.87 Å². The molecule has 0 unspecified atom stereocenters. The minimum atomic E-state index is -3.85. The molecule has 18 heavy (non-hydrogen) atoms. The number of pyridine rings is 1. The van der Waals surface area contributed by atoms with Gasteiger partial charge in [-0.25, -0.2) is 13.4 Å². The maximum atomic E-state index is 11.9. The largest absolute Gasteiger partial charge is 0.284 e. The third-order valence-corrected chi connectivity index (χ3v) is 4.02. The Morgan fingerprint density at radius 1 is 1.44 bits per heavy atom. The van der Waals surface area contributed by atoms with Crippen LogP contribution in [0.2, 0.25) is 0 Å². The van der Waals surface area contributed by atoms with Crippen LogP contribution >= 0.6 is 0 Å². The lowest BCUT2D eigenvalue weighted by Crippen LogP contribution is -2.29. The number of hydrogen-bond donors (Lipinski definition) is 1. The molecule has 1 aromatic rings. The van der Waals surface area contributed by atoms with Gasteiger partial charge in [-0.15, -0.1) is 0 Å². The Balaban J connectivity index is 2.12. The molecule has 0 spiro atoms. The lowest BCUT2D eigenvalue weighted by molar-refractivity contribution is 0.0223. The van der Waals surface area contributed by atoms with Gasteiger partial charge < -0.3 is 0 Å². The van der Waals surface area contributed by atoms with Gasteiger partial charge in [0.15, 0.2) is 5.69 Å². The summed E-state index contributed by atoms with van der Waals surface area (Å²) < 4.78 is 23.9. The van der Waals surface area contributed by atoms with Crippen molar-refractivity contribution in [2.45, 2.75) is 36.7 Å². The maximum Gasteiger partial charge on any atom is 0.265 e. The summed E-state index contributed by atoms with van der Waals surface area (Å²) in [6.45, 7) is 0. The first-order chi connectivity index (χ1) is 8.63. The third kappa shape index (κ3) is 2.85. The van der Waals surface area contributed by atoms with Gasteiger partial charge in [0.25, 0.3) is 10.0 Å². The molecule has 6 nitrogen and oxygen atoms in total. The van der Waals surface area contributed by atoms with Crippen molar-refractivity contribution in [3.05, 3.63) is 24.0 Å². The summed E-state index contributed by atoms with van der Waals surface area (Å²) in [6.07, 6.45) is 5.07. The van der Waals surface area contributed by atoms with E-state index in [-0.39, 0.29) is 16.7 Å². The molecular formula is C11H13N3O3S. The molecule has 96 valence electrons. The molecule has 0 saturated heterocycles. The van der Waals surface area contributed by atoms with E-state index in [4.69, 9.17) is 10.1 Å². The topological polar surface area (TPSA) is 92.1 Å². The Kier molecular flexibility index (Phi) is 3.91. The van der Waals surface area contributed by atoms with Crippen molar-refractivity contribution in [2.24, 2.45) is 0 Å². The molecule has 0 aromatic carbocycles. The van der Waals surface area contributed by atoms with E-state index in [1.54, 1.807) is 6.07 Å². The van der Waals surface area contributed by atoms with E-state index in [1.807, 2.05) is 0 Å². The predicted molar refractivity (Wildman–Crippen MR) is 62.6 cm³/mol. The summed E-state index contributed by atoms with van der Waals surface area (Å²) in [7, 11) is -3.85. The average molecular weight is 267 g/mol. The molecule has 0 atom stereocenters. The van der Waals surface area contributed by atoms with Crippen LogP contribution in [-0.4, -0.2) is 19.5 Å². The highest BCUT2D eigenvalue weighted by Crippen LogP contribution is 2.21. The monoisotopic (exact) mass is 267 g/mol. The van der Waals surface area contributed by atoms with Gasteiger partial charge in [-0.3, -0.25) is 4.84 Å². The predicted octanol–water partition coefficient (Wildman–Crippen LogP) is 1.11. The molecule has 1 heterocycles. The second kappa shape index (κ2) is 5.44. The third-order valence-electron chi connectivity index (χ3n) is 2.79. The number of nitrogens with one attached hydrogen (secondary N) is 1. The van der Waals surface area contributed by atoms with Gasteiger partial charge >= 0.3 is 0 Å². The lowest BCUT2D eigenvalue weighted by atomic mass is 10.3. The first kappa shape index (κ1) is 13.0. The summed E-state index contributed by atoms with van der Waals surface area (Å²) >= 11 is 0. The number of nitrogens with zero attached hydrogens (tertiary/aromatic N) is 2. The molecule has 0 radical (unpaired) electrons. The van der Waals surface area contributed by atoms with E-state index >= 15 is 0 Å². The molecular weight excluding hydrogens is 254 g/mol. The molecule has 0 aliphatic heterocycles. The molecule has 1 aliphatic carbocycles. The van der Waals surface area contributed by atoms with Crippen LogP contribution in [-0.2, 0) is 14.9 Å². The number of rotatable bonds is 4. The molecule has 0 bridgehead atoms. The second-order valence-electron chi connectivity index (χ2n) is 4.07. The van der Waals surface area contributed by atoms with Crippen LogP contribution in [0, 0.1) is 11.3 Å². The zero-order valence-electron chi connectivity index (χ0n) is 9.67. The van der Waals surface area contributed by atoms with Crippen molar-refractivity contribution in [3.8, 4) is 6.07 Å². The van der Waals surface area contributed by atoms with Gasteiger partial charge in [0.2, 0.25) is 0 Å². The Morgan fingerprint density at radius 3 is 2.83 bits per heavy atom. The molecule has 1 aromatic heterocycles. The Labute approximate surface area is 106 Å². The Hall–Kier alpha value is -1.49. The fraction of sp³-hybridized carbons (Fsp3) is 0.455. The minimum Gasteiger partial charge on any atom is -0.284 e. The summed E-state index contributed by atoms with van der Waals surface area (Å²) in [5.41, 5.74) is -0.139. The average Bonchev–Trinajstić information content (AvgIpc) is 2.89. The fourth-order valence-corrected chi connectivity index (χ4v) is 2.84. The highest BCUT2D eigenvalue weighted by Gasteiger charge is 2.23. The number of nitriles is 1. The Bertz CT molecular complexity index is 559. The van der Waals surface area contributed by atoms with E-state index in [1.165, 1.54) is 18.3 Å². The summed E-state index contributed by atoms with van der Waals surface area (Å²) in [5.74, 6) is 0. The zero-order chi connectivity index (χ0) is 13.0. The normalized spacial score (nSPS) is 16.6. The second-order valence-corrected chi connectivity index (χ2v) is 5.69.